The van der Waals surface area contributed by atoms with E-state index in [9.17, 15) is 9.59 Å². The number of aliphatic carboxylic acids is 1. The van der Waals surface area contributed by atoms with E-state index in [4.69, 9.17) is 5.11 Å². The smallest absolute Gasteiger partial charge is 0.308 e. The van der Waals surface area contributed by atoms with Gasteiger partial charge in [0.05, 0.1) is 24.2 Å². The van der Waals surface area contributed by atoms with E-state index >= 15 is 0 Å². The predicted octanol–water partition coefficient (Wildman–Crippen LogP) is 2.03. The van der Waals surface area contributed by atoms with E-state index in [0.29, 0.717) is 6.42 Å². The molecule has 0 aliphatic carbocycles. The van der Waals surface area contributed by atoms with Crippen LogP contribution < -0.4 is 5.32 Å². The second-order valence-electron chi connectivity index (χ2n) is 5.43. The molecule has 2 N–H and O–H groups in total. The molecule has 1 aromatic heterocycles. The van der Waals surface area contributed by atoms with Crippen molar-refractivity contribution in [3.63, 3.8) is 0 Å². The van der Waals surface area contributed by atoms with Crippen LogP contribution in [0.2, 0.25) is 0 Å². The Morgan fingerprint density at radius 1 is 1.30 bits per heavy atom. The highest BCUT2D eigenvalue weighted by atomic mass is 16.4. The Kier molecular flexibility index (Phi) is 5.91. The van der Waals surface area contributed by atoms with Crippen molar-refractivity contribution in [1.82, 2.24) is 15.1 Å². The van der Waals surface area contributed by atoms with Crippen LogP contribution >= 0.6 is 0 Å². The molecule has 0 spiro atoms. The van der Waals surface area contributed by atoms with Gasteiger partial charge in [-0.2, -0.15) is 5.10 Å². The zero-order valence-corrected chi connectivity index (χ0v) is 13.1. The van der Waals surface area contributed by atoms with Crippen LogP contribution in [-0.4, -0.2) is 33.3 Å². The molecule has 6 heteroatoms. The molecule has 0 saturated carbocycles. The molecule has 0 aliphatic heterocycles. The van der Waals surface area contributed by atoms with Gasteiger partial charge in [-0.3, -0.25) is 9.59 Å². The summed E-state index contributed by atoms with van der Waals surface area (Å²) in [6.07, 6.45) is 4.96. The topological polar surface area (TPSA) is 84.2 Å². The molecule has 1 amide bonds. The maximum Gasteiger partial charge on any atom is 0.308 e. The fourth-order valence-corrected chi connectivity index (χ4v) is 2.32. The molecular weight excluding hydrogens is 294 g/mol. The number of carbonyl (C=O) groups is 2. The van der Waals surface area contributed by atoms with Gasteiger partial charge in [-0.1, -0.05) is 31.5 Å². The number of carboxylic acid groups (broad SMARTS) is 1. The van der Waals surface area contributed by atoms with Gasteiger partial charge in [-0.15, -0.1) is 0 Å². The fourth-order valence-electron chi connectivity index (χ4n) is 2.32. The van der Waals surface area contributed by atoms with Crippen molar-refractivity contribution in [3.05, 3.63) is 48.3 Å². The summed E-state index contributed by atoms with van der Waals surface area (Å²) in [5, 5.41) is 16.0. The SMILES string of the molecule is CCCC(CNC(=O)Cc1cnn(-c2ccccc2)c1)C(=O)O. The van der Waals surface area contributed by atoms with Crippen molar-refractivity contribution in [3.8, 4) is 5.69 Å². The number of hydrogen-bond donors (Lipinski definition) is 2. The maximum atomic E-state index is 11.9. The summed E-state index contributed by atoms with van der Waals surface area (Å²) < 4.78 is 1.71. The van der Waals surface area contributed by atoms with Gasteiger partial charge in [-0.25, -0.2) is 4.68 Å². The zero-order chi connectivity index (χ0) is 16.7. The van der Waals surface area contributed by atoms with E-state index in [-0.39, 0.29) is 18.9 Å². The van der Waals surface area contributed by atoms with Crippen LogP contribution in [0, 0.1) is 5.92 Å². The maximum absolute atomic E-state index is 11.9. The Morgan fingerprint density at radius 2 is 2.04 bits per heavy atom. The minimum Gasteiger partial charge on any atom is -0.481 e. The van der Waals surface area contributed by atoms with Crippen molar-refractivity contribution in [2.24, 2.45) is 5.92 Å². The minimum absolute atomic E-state index is 0.162. The van der Waals surface area contributed by atoms with Crippen molar-refractivity contribution < 1.29 is 14.7 Å². The fraction of sp³-hybridized carbons (Fsp3) is 0.353. The Labute approximate surface area is 135 Å². The highest BCUT2D eigenvalue weighted by Gasteiger charge is 2.17. The summed E-state index contributed by atoms with van der Waals surface area (Å²) in [5.41, 5.74) is 1.71. The van der Waals surface area contributed by atoms with Gasteiger partial charge in [0.2, 0.25) is 5.91 Å². The summed E-state index contributed by atoms with van der Waals surface area (Å²) in [7, 11) is 0. The number of rotatable bonds is 8. The van der Waals surface area contributed by atoms with Crippen LogP contribution in [0.3, 0.4) is 0 Å². The van der Waals surface area contributed by atoms with Crippen LogP contribution in [0.1, 0.15) is 25.3 Å². The Hall–Kier alpha value is -2.63. The summed E-state index contributed by atoms with van der Waals surface area (Å²) in [6, 6.07) is 9.63. The number of carbonyl (C=O) groups excluding carboxylic acids is 1. The molecule has 0 aliphatic rings. The Morgan fingerprint density at radius 3 is 2.70 bits per heavy atom. The molecule has 0 fully saturated rings. The third-order valence-corrected chi connectivity index (χ3v) is 3.55. The Balaban J connectivity index is 1.88. The molecule has 1 heterocycles. The Bertz CT molecular complexity index is 652. The first-order valence-corrected chi connectivity index (χ1v) is 7.68. The summed E-state index contributed by atoms with van der Waals surface area (Å²) >= 11 is 0. The molecule has 122 valence electrons. The molecular formula is C17H21N3O3. The lowest BCUT2D eigenvalue weighted by Crippen LogP contribution is -2.33. The number of carboxylic acids is 1. The van der Waals surface area contributed by atoms with Crippen molar-refractivity contribution in [1.29, 1.82) is 0 Å². The quantitative estimate of drug-likeness (QED) is 0.780. The van der Waals surface area contributed by atoms with E-state index < -0.39 is 11.9 Å². The number of nitrogens with one attached hydrogen (secondary N) is 1. The second-order valence-corrected chi connectivity index (χ2v) is 5.43. The number of aromatic nitrogens is 2. The first kappa shape index (κ1) is 16.7. The lowest BCUT2D eigenvalue weighted by Gasteiger charge is -2.11. The molecule has 6 nitrogen and oxygen atoms in total. The minimum atomic E-state index is -0.871. The normalized spacial score (nSPS) is 11.9. The molecule has 0 radical (unpaired) electrons. The standard InChI is InChI=1S/C17H21N3O3/c1-2-6-14(17(22)23)11-18-16(21)9-13-10-19-20(12-13)15-7-4-3-5-8-15/h3-5,7-8,10,12,14H,2,6,9,11H2,1H3,(H,18,21)(H,22,23). The average molecular weight is 315 g/mol. The largest absolute Gasteiger partial charge is 0.481 e. The second kappa shape index (κ2) is 8.12. The number of benzene rings is 1. The number of amides is 1. The molecule has 0 bridgehead atoms. The highest BCUT2D eigenvalue weighted by Crippen LogP contribution is 2.09. The van der Waals surface area contributed by atoms with Crippen LogP contribution in [0.15, 0.2) is 42.7 Å². The molecule has 1 aromatic carbocycles. The van der Waals surface area contributed by atoms with Crippen LogP contribution in [-0.2, 0) is 16.0 Å². The summed E-state index contributed by atoms with van der Waals surface area (Å²) in [5.74, 6) is -1.60. The molecule has 0 saturated heterocycles. The lowest BCUT2D eigenvalue weighted by atomic mass is 10.0. The summed E-state index contributed by atoms with van der Waals surface area (Å²) in [6.45, 7) is 2.09. The van der Waals surface area contributed by atoms with E-state index in [2.05, 4.69) is 10.4 Å². The number of nitrogens with zero attached hydrogens (tertiary/aromatic N) is 2. The van der Waals surface area contributed by atoms with Crippen LogP contribution in [0.4, 0.5) is 0 Å². The van der Waals surface area contributed by atoms with E-state index in [0.717, 1.165) is 17.7 Å². The van der Waals surface area contributed by atoms with Crippen molar-refractivity contribution in [2.45, 2.75) is 26.2 Å². The van der Waals surface area contributed by atoms with Gasteiger partial charge in [0.1, 0.15) is 0 Å². The summed E-state index contributed by atoms with van der Waals surface area (Å²) in [4.78, 5) is 23.0. The molecule has 2 aromatic rings. The van der Waals surface area contributed by atoms with Crippen molar-refractivity contribution in [2.75, 3.05) is 6.54 Å². The predicted molar refractivity (Wildman–Crippen MR) is 86.3 cm³/mol. The number of hydrogen-bond acceptors (Lipinski definition) is 3. The molecule has 1 unspecified atom stereocenters. The van der Waals surface area contributed by atoms with Gasteiger partial charge in [-0.05, 0) is 24.1 Å². The van der Waals surface area contributed by atoms with Gasteiger partial charge < -0.3 is 10.4 Å². The zero-order valence-electron chi connectivity index (χ0n) is 13.1. The van der Waals surface area contributed by atoms with Crippen molar-refractivity contribution >= 4 is 11.9 Å². The first-order chi connectivity index (χ1) is 11.1. The average Bonchev–Trinajstić information content (AvgIpc) is 3.00. The third-order valence-electron chi connectivity index (χ3n) is 3.55. The molecule has 2 rings (SSSR count). The van der Waals surface area contributed by atoms with E-state index in [1.165, 1.54) is 0 Å². The highest BCUT2D eigenvalue weighted by molar-refractivity contribution is 5.79. The van der Waals surface area contributed by atoms with Crippen LogP contribution in [0.25, 0.3) is 5.69 Å². The van der Waals surface area contributed by atoms with E-state index in [1.54, 1.807) is 17.1 Å². The van der Waals surface area contributed by atoms with Gasteiger partial charge >= 0.3 is 5.97 Å². The van der Waals surface area contributed by atoms with Gasteiger partial charge in [0, 0.05) is 12.7 Å². The molecule has 23 heavy (non-hydrogen) atoms. The van der Waals surface area contributed by atoms with Gasteiger partial charge in [0.25, 0.3) is 0 Å². The van der Waals surface area contributed by atoms with Gasteiger partial charge in [0.15, 0.2) is 0 Å². The van der Waals surface area contributed by atoms with E-state index in [1.807, 2.05) is 37.3 Å². The molecule has 1 atom stereocenters. The monoisotopic (exact) mass is 315 g/mol. The van der Waals surface area contributed by atoms with Crippen LogP contribution in [0.5, 0.6) is 0 Å². The third kappa shape index (κ3) is 4.95. The first-order valence-electron chi connectivity index (χ1n) is 7.68. The lowest BCUT2D eigenvalue weighted by molar-refractivity contribution is -0.141. The number of para-hydroxylation sites is 1.